The van der Waals surface area contributed by atoms with E-state index in [1.807, 2.05) is 0 Å². The summed E-state index contributed by atoms with van der Waals surface area (Å²) in [4.78, 5) is 0. The summed E-state index contributed by atoms with van der Waals surface area (Å²) in [5, 5.41) is 0. The minimum Gasteiger partial charge on any atom is -0.327 e. The van der Waals surface area contributed by atoms with E-state index < -0.39 is 0 Å². The van der Waals surface area contributed by atoms with Crippen LogP contribution in [0.15, 0.2) is 48.5 Å². The molecular formula is C17H19N. The molecule has 18 heavy (non-hydrogen) atoms. The van der Waals surface area contributed by atoms with E-state index in [1.54, 1.807) is 0 Å². The number of hydrogen-bond acceptors (Lipinski definition) is 1. The Morgan fingerprint density at radius 2 is 1.72 bits per heavy atom. The van der Waals surface area contributed by atoms with Gasteiger partial charge in [0.25, 0.3) is 0 Å². The van der Waals surface area contributed by atoms with Crippen LogP contribution in [0.25, 0.3) is 0 Å². The summed E-state index contributed by atoms with van der Waals surface area (Å²) in [6, 6.07) is 17.9. The zero-order chi connectivity index (χ0) is 12.5. The molecule has 0 bridgehead atoms. The standard InChI is InChI=1S/C17H19N/c1-12-6-8-13(9-7-12)17-11-15(18)10-14-4-2-3-5-16(14)17/h2-9,15,17H,10-11,18H2,1H3/t15-,17-/m1/s1. The lowest BCUT2D eigenvalue weighted by molar-refractivity contribution is 0.531. The average Bonchev–Trinajstić information content (AvgIpc) is 2.38. The monoisotopic (exact) mass is 237 g/mol. The van der Waals surface area contributed by atoms with Crippen LogP contribution in [0, 0.1) is 6.92 Å². The van der Waals surface area contributed by atoms with Crippen molar-refractivity contribution in [2.45, 2.75) is 31.7 Å². The first-order chi connectivity index (χ1) is 8.74. The number of benzene rings is 2. The smallest absolute Gasteiger partial charge is 0.0107 e. The highest BCUT2D eigenvalue weighted by molar-refractivity contribution is 5.41. The van der Waals surface area contributed by atoms with Crippen molar-refractivity contribution in [1.29, 1.82) is 0 Å². The first-order valence-electron chi connectivity index (χ1n) is 6.64. The molecule has 3 rings (SSSR count). The second-order valence-corrected chi connectivity index (χ2v) is 5.36. The molecule has 0 saturated carbocycles. The molecule has 0 aliphatic heterocycles. The van der Waals surface area contributed by atoms with Crippen LogP contribution in [-0.4, -0.2) is 6.04 Å². The van der Waals surface area contributed by atoms with Crippen LogP contribution in [-0.2, 0) is 6.42 Å². The van der Waals surface area contributed by atoms with Gasteiger partial charge >= 0.3 is 0 Å². The SMILES string of the molecule is Cc1ccc([C@H]2C[C@H](N)Cc3ccccc32)cc1. The molecule has 2 aromatic rings. The van der Waals surface area contributed by atoms with Crippen molar-refractivity contribution in [1.82, 2.24) is 0 Å². The Kier molecular flexibility index (Phi) is 2.92. The first-order valence-corrected chi connectivity index (χ1v) is 6.64. The summed E-state index contributed by atoms with van der Waals surface area (Å²) in [7, 11) is 0. The second-order valence-electron chi connectivity index (χ2n) is 5.36. The van der Waals surface area contributed by atoms with Crippen LogP contribution in [0.5, 0.6) is 0 Å². The third-order valence-corrected chi connectivity index (χ3v) is 3.93. The highest BCUT2D eigenvalue weighted by Crippen LogP contribution is 2.36. The molecule has 1 nitrogen and oxygen atoms in total. The Morgan fingerprint density at radius 3 is 2.50 bits per heavy atom. The van der Waals surface area contributed by atoms with E-state index in [0.29, 0.717) is 5.92 Å². The molecule has 0 spiro atoms. The molecule has 1 aliphatic carbocycles. The molecule has 92 valence electrons. The highest BCUT2D eigenvalue weighted by atomic mass is 14.6. The third kappa shape index (κ3) is 2.06. The predicted molar refractivity (Wildman–Crippen MR) is 75.8 cm³/mol. The van der Waals surface area contributed by atoms with Crippen molar-refractivity contribution in [2.75, 3.05) is 0 Å². The van der Waals surface area contributed by atoms with Crippen molar-refractivity contribution in [3.05, 3.63) is 70.8 Å². The van der Waals surface area contributed by atoms with Gasteiger partial charge in [-0.1, -0.05) is 54.1 Å². The Bertz CT molecular complexity index is 542. The zero-order valence-corrected chi connectivity index (χ0v) is 10.8. The Morgan fingerprint density at radius 1 is 1.00 bits per heavy atom. The largest absolute Gasteiger partial charge is 0.327 e. The Labute approximate surface area is 109 Å². The maximum atomic E-state index is 6.21. The van der Waals surface area contributed by atoms with Crippen LogP contribution in [0.2, 0.25) is 0 Å². The summed E-state index contributed by atoms with van der Waals surface area (Å²) in [5.41, 5.74) is 11.8. The molecule has 0 fully saturated rings. The lowest BCUT2D eigenvalue weighted by atomic mass is 9.77. The number of nitrogens with two attached hydrogens (primary N) is 1. The Balaban J connectivity index is 2.04. The van der Waals surface area contributed by atoms with E-state index in [4.69, 9.17) is 5.73 Å². The molecule has 0 aromatic heterocycles. The van der Waals surface area contributed by atoms with Gasteiger partial charge in [0.05, 0.1) is 0 Å². The van der Waals surface area contributed by atoms with E-state index in [9.17, 15) is 0 Å². The van der Waals surface area contributed by atoms with Crippen LogP contribution in [0.1, 0.15) is 34.6 Å². The molecule has 2 N–H and O–H groups in total. The topological polar surface area (TPSA) is 26.0 Å². The van der Waals surface area contributed by atoms with Gasteiger partial charge in [-0.2, -0.15) is 0 Å². The van der Waals surface area contributed by atoms with Gasteiger partial charge in [-0.3, -0.25) is 0 Å². The average molecular weight is 237 g/mol. The predicted octanol–water partition coefficient (Wildman–Crippen LogP) is 3.40. The van der Waals surface area contributed by atoms with E-state index in [2.05, 4.69) is 55.5 Å². The highest BCUT2D eigenvalue weighted by Gasteiger charge is 2.25. The van der Waals surface area contributed by atoms with Crippen molar-refractivity contribution in [3.63, 3.8) is 0 Å². The summed E-state index contributed by atoms with van der Waals surface area (Å²) in [5.74, 6) is 0.463. The van der Waals surface area contributed by atoms with Crippen molar-refractivity contribution in [3.8, 4) is 0 Å². The summed E-state index contributed by atoms with van der Waals surface area (Å²) >= 11 is 0. The molecule has 0 saturated heterocycles. The minimum absolute atomic E-state index is 0.284. The molecule has 0 radical (unpaired) electrons. The molecule has 1 aliphatic rings. The van der Waals surface area contributed by atoms with Gasteiger partial charge in [0.15, 0.2) is 0 Å². The first kappa shape index (κ1) is 11.5. The van der Waals surface area contributed by atoms with Crippen LogP contribution < -0.4 is 5.73 Å². The lowest BCUT2D eigenvalue weighted by Crippen LogP contribution is -2.30. The van der Waals surface area contributed by atoms with Gasteiger partial charge in [-0.25, -0.2) is 0 Å². The second kappa shape index (κ2) is 4.58. The Hall–Kier alpha value is -1.60. The van der Waals surface area contributed by atoms with E-state index in [-0.39, 0.29) is 6.04 Å². The van der Waals surface area contributed by atoms with Gasteiger partial charge in [0.2, 0.25) is 0 Å². The number of rotatable bonds is 1. The molecule has 0 amide bonds. The van der Waals surface area contributed by atoms with Gasteiger partial charge in [-0.05, 0) is 36.5 Å². The lowest BCUT2D eigenvalue weighted by Gasteiger charge is -2.30. The molecule has 2 atom stereocenters. The normalized spacial score (nSPS) is 22.6. The number of aryl methyl sites for hydroxylation is 1. The number of fused-ring (bicyclic) bond motifs is 1. The van der Waals surface area contributed by atoms with E-state index in [1.165, 1.54) is 22.3 Å². The van der Waals surface area contributed by atoms with Crippen molar-refractivity contribution in [2.24, 2.45) is 5.73 Å². The summed E-state index contributed by atoms with van der Waals surface area (Å²) in [6.45, 7) is 2.13. The maximum absolute atomic E-state index is 6.21. The molecule has 0 unspecified atom stereocenters. The van der Waals surface area contributed by atoms with Crippen LogP contribution in [0.4, 0.5) is 0 Å². The zero-order valence-electron chi connectivity index (χ0n) is 10.8. The van der Waals surface area contributed by atoms with E-state index >= 15 is 0 Å². The van der Waals surface area contributed by atoms with Gasteiger partial charge < -0.3 is 5.73 Å². The maximum Gasteiger partial charge on any atom is 0.0107 e. The van der Waals surface area contributed by atoms with E-state index in [0.717, 1.165) is 12.8 Å². The van der Waals surface area contributed by atoms with Crippen molar-refractivity contribution < 1.29 is 0 Å². The fourth-order valence-electron chi connectivity index (χ4n) is 2.97. The summed E-state index contributed by atoms with van der Waals surface area (Å²) < 4.78 is 0. The van der Waals surface area contributed by atoms with Gasteiger partial charge in [0.1, 0.15) is 0 Å². The third-order valence-electron chi connectivity index (χ3n) is 3.93. The molecule has 1 heteroatoms. The molecule has 0 heterocycles. The number of hydrogen-bond donors (Lipinski definition) is 1. The quantitative estimate of drug-likeness (QED) is 0.808. The minimum atomic E-state index is 0.284. The fourth-order valence-corrected chi connectivity index (χ4v) is 2.97. The van der Waals surface area contributed by atoms with Crippen molar-refractivity contribution >= 4 is 0 Å². The van der Waals surface area contributed by atoms with Gasteiger partial charge in [-0.15, -0.1) is 0 Å². The molecular weight excluding hydrogens is 218 g/mol. The van der Waals surface area contributed by atoms with Crippen LogP contribution in [0.3, 0.4) is 0 Å². The van der Waals surface area contributed by atoms with Crippen LogP contribution >= 0.6 is 0 Å². The molecule has 2 aromatic carbocycles. The van der Waals surface area contributed by atoms with Gasteiger partial charge in [0, 0.05) is 12.0 Å². The summed E-state index contributed by atoms with van der Waals surface area (Å²) in [6.07, 6.45) is 2.07. The fraction of sp³-hybridized carbons (Fsp3) is 0.294.